The molecule has 5 aromatic rings. The van der Waals surface area contributed by atoms with Crippen LogP contribution in [0, 0.1) is 12.7 Å². The Morgan fingerprint density at radius 1 is 0.943 bits per heavy atom. The molecule has 0 bridgehead atoms. The first-order valence-corrected chi connectivity index (χ1v) is 11.7. The first-order valence-electron chi connectivity index (χ1n) is 10.9. The van der Waals surface area contributed by atoms with Gasteiger partial charge in [-0.15, -0.1) is 0 Å². The molecule has 0 fully saturated rings. The Bertz CT molecular complexity index is 1510. The minimum absolute atomic E-state index is 0.341. The molecule has 0 spiro atoms. The molecular weight excluding hydrogens is 461 g/mol. The molecule has 1 heterocycles. The van der Waals surface area contributed by atoms with Gasteiger partial charge in [0.05, 0.1) is 16.4 Å². The van der Waals surface area contributed by atoms with E-state index in [2.05, 4.69) is 10.1 Å². The number of anilines is 1. The lowest BCUT2D eigenvalue weighted by molar-refractivity contribution is 0.0987. The lowest BCUT2D eigenvalue weighted by Gasteiger charge is -2.14. The first kappa shape index (κ1) is 22.4. The average molecular weight is 482 g/mol. The third kappa shape index (κ3) is 5.26. The van der Waals surface area contributed by atoms with Crippen LogP contribution in [0.1, 0.15) is 21.5 Å². The highest BCUT2D eigenvalue weighted by molar-refractivity contribution is 7.22. The molecule has 5 rings (SSSR count). The summed E-state index contributed by atoms with van der Waals surface area (Å²) in [6.45, 7) is 2.01. The number of ether oxygens (including phenoxy) is 1. The van der Waals surface area contributed by atoms with Crippen molar-refractivity contribution in [3.05, 3.63) is 120 Å². The zero-order chi connectivity index (χ0) is 24.2. The van der Waals surface area contributed by atoms with Crippen molar-refractivity contribution < 1.29 is 13.9 Å². The van der Waals surface area contributed by atoms with Gasteiger partial charge in [-0.25, -0.2) is 9.37 Å². The number of para-hydroxylation sites is 1. The molecule has 1 amide bonds. The van der Waals surface area contributed by atoms with Gasteiger partial charge in [0.2, 0.25) is 5.13 Å². The smallest absolute Gasteiger partial charge is 0.280 e. The maximum Gasteiger partial charge on any atom is 0.280 e. The molecule has 1 aromatic heterocycles. The minimum Gasteiger partial charge on any atom is -0.457 e. The second-order valence-electron chi connectivity index (χ2n) is 7.82. The molecule has 0 N–H and O–H groups in total. The van der Waals surface area contributed by atoms with Crippen LogP contribution in [-0.2, 0) is 0 Å². The van der Waals surface area contributed by atoms with E-state index < -0.39 is 0 Å². The molecule has 0 aliphatic carbocycles. The maximum absolute atomic E-state index is 13.6. The second kappa shape index (κ2) is 9.87. The van der Waals surface area contributed by atoms with Crippen molar-refractivity contribution >= 4 is 38.8 Å². The molecule has 35 heavy (non-hydrogen) atoms. The normalized spacial score (nSPS) is 11.1. The summed E-state index contributed by atoms with van der Waals surface area (Å²) in [5.74, 6) is 0.499. The summed E-state index contributed by atoms with van der Waals surface area (Å²) in [5, 5.41) is 6.15. The summed E-state index contributed by atoms with van der Waals surface area (Å²) < 4.78 is 20.2. The monoisotopic (exact) mass is 481 g/mol. The van der Waals surface area contributed by atoms with Crippen molar-refractivity contribution in [2.45, 2.75) is 6.92 Å². The minimum atomic E-state index is -0.363. The average Bonchev–Trinajstić information content (AvgIpc) is 3.29. The van der Waals surface area contributed by atoms with Gasteiger partial charge in [-0.3, -0.25) is 4.79 Å². The summed E-state index contributed by atoms with van der Waals surface area (Å²) in [7, 11) is 0. The summed E-state index contributed by atoms with van der Waals surface area (Å²) in [5.41, 5.74) is 2.94. The van der Waals surface area contributed by atoms with Crippen LogP contribution in [0.15, 0.2) is 102 Å². The Balaban J connectivity index is 1.50. The van der Waals surface area contributed by atoms with Gasteiger partial charge in [0, 0.05) is 5.56 Å². The number of amides is 1. The van der Waals surface area contributed by atoms with E-state index in [9.17, 15) is 9.18 Å². The van der Waals surface area contributed by atoms with Crippen molar-refractivity contribution in [2.24, 2.45) is 5.10 Å². The number of aromatic nitrogens is 1. The van der Waals surface area contributed by atoms with Gasteiger partial charge in [-0.05, 0) is 72.6 Å². The topological polar surface area (TPSA) is 54.8 Å². The van der Waals surface area contributed by atoms with Crippen LogP contribution >= 0.6 is 11.3 Å². The highest BCUT2D eigenvalue weighted by Gasteiger charge is 2.21. The van der Waals surface area contributed by atoms with Gasteiger partial charge >= 0.3 is 0 Å². The Hall–Kier alpha value is -4.36. The Morgan fingerprint density at radius 3 is 2.51 bits per heavy atom. The maximum atomic E-state index is 13.6. The molecule has 0 aliphatic heterocycles. The number of hydrogen-bond donors (Lipinski definition) is 0. The molecule has 0 aliphatic rings. The number of fused-ring (bicyclic) bond motifs is 1. The number of aryl methyl sites for hydroxylation is 1. The standard InChI is InChI=1S/C28H20FN3O2S/c1-19-10-15-25-26(16-19)35-28(31-25)32(30-18-20-11-13-22(29)14-12-20)27(33)21-6-5-9-24(17-21)34-23-7-3-2-4-8-23/h2-18H,1H3/b30-18+. The largest absolute Gasteiger partial charge is 0.457 e. The molecule has 0 unspecified atom stereocenters. The zero-order valence-electron chi connectivity index (χ0n) is 18.8. The van der Waals surface area contributed by atoms with E-state index in [1.807, 2.05) is 55.5 Å². The Morgan fingerprint density at radius 2 is 1.71 bits per heavy atom. The molecular formula is C28H20FN3O2S. The number of rotatable bonds is 6. The Kier molecular flexibility index (Phi) is 6.32. The molecule has 0 saturated heterocycles. The summed E-state index contributed by atoms with van der Waals surface area (Å²) in [4.78, 5) is 18.3. The highest BCUT2D eigenvalue weighted by atomic mass is 32.1. The molecule has 172 valence electrons. The van der Waals surface area contributed by atoms with E-state index in [1.165, 1.54) is 34.7 Å². The zero-order valence-corrected chi connectivity index (χ0v) is 19.6. The number of nitrogens with zero attached hydrogens (tertiary/aromatic N) is 3. The highest BCUT2D eigenvalue weighted by Crippen LogP contribution is 2.31. The molecule has 7 heteroatoms. The van der Waals surface area contributed by atoms with Gasteiger partial charge in [0.25, 0.3) is 5.91 Å². The van der Waals surface area contributed by atoms with Crippen LogP contribution in [0.4, 0.5) is 9.52 Å². The predicted molar refractivity (Wildman–Crippen MR) is 138 cm³/mol. The van der Waals surface area contributed by atoms with Gasteiger partial charge in [0.15, 0.2) is 0 Å². The number of thiazole rings is 1. The van der Waals surface area contributed by atoms with Crippen LogP contribution in [0.3, 0.4) is 0 Å². The molecule has 4 aromatic carbocycles. The van der Waals surface area contributed by atoms with Crippen molar-refractivity contribution in [3.63, 3.8) is 0 Å². The molecule has 5 nitrogen and oxygen atoms in total. The lowest BCUT2D eigenvalue weighted by Crippen LogP contribution is -2.25. The number of carbonyl (C=O) groups is 1. The number of halogens is 1. The number of hydrogen-bond acceptors (Lipinski definition) is 5. The third-order valence-corrected chi connectivity index (χ3v) is 6.15. The van der Waals surface area contributed by atoms with Crippen LogP contribution in [0.2, 0.25) is 0 Å². The fourth-order valence-electron chi connectivity index (χ4n) is 3.41. The SMILES string of the molecule is Cc1ccc2nc(N(/N=C/c3ccc(F)cc3)C(=O)c3cccc(Oc4ccccc4)c3)sc2c1. The fraction of sp³-hybridized carbons (Fsp3) is 0.0357. The van der Waals surface area contributed by atoms with Crippen molar-refractivity contribution in [1.29, 1.82) is 0 Å². The van der Waals surface area contributed by atoms with Crippen LogP contribution in [0.25, 0.3) is 10.2 Å². The Labute approximate surface area is 205 Å². The molecule has 0 atom stereocenters. The van der Waals surface area contributed by atoms with E-state index in [0.717, 1.165) is 15.8 Å². The molecule has 0 radical (unpaired) electrons. The van der Waals surface area contributed by atoms with Gasteiger partial charge < -0.3 is 4.74 Å². The van der Waals surface area contributed by atoms with E-state index in [1.54, 1.807) is 36.4 Å². The second-order valence-corrected chi connectivity index (χ2v) is 8.83. The van der Waals surface area contributed by atoms with Crippen LogP contribution in [-0.4, -0.2) is 17.1 Å². The summed E-state index contributed by atoms with van der Waals surface area (Å²) in [6, 6.07) is 28.1. The van der Waals surface area contributed by atoms with Crippen molar-refractivity contribution in [3.8, 4) is 11.5 Å². The summed E-state index contributed by atoms with van der Waals surface area (Å²) in [6.07, 6.45) is 1.51. The first-order chi connectivity index (χ1) is 17.0. The van der Waals surface area contributed by atoms with Gasteiger partial charge in [-0.1, -0.05) is 53.8 Å². The number of benzene rings is 4. The number of hydrazone groups is 1. The van der Waals surface area contributed by atoms with E-state index in [4.69, 9.17) is 4.74 Å². The van der Waals surface area contributed by atoms with Crippen molar-refractivity contribution in [1.82, 2.24) is 4.98 Å². The quantitative estimate of drug-likeness (QED) is 0.190. The summed E-state index contributed by atoms with van der Waals surface area (Å²) >= 11 is 1.38. The molecule has 0 saturated carbocycles. The van der Waals surface area contributed by atoms with Crippen LogP contribution < -0.4 is 9.75 Å². The third-order valence-electron chi connectivity index (χ3n) is 5.16. The lowest BCUT2D eigenvalue weighted by atomic mass is 10.2. The van der Waals surface area contributed by atoms with Crippen molar-refractivity contribution in [2.75, 3.05) is 5.01 Å². The van der Waals surface area contributed by atoms with E-state index in [0.29, 0.717) is 27.8 Å². The van der Waals surface area contributed by atoms with E-state index in [-0.39, 0.29) is 11.7 Å². The number of carbonyl (C=O) groups excluding carboxylic acids is 1. The van der Waals surface area contributed by atoms with Gasteiger partial charge in [-0.2, -0.15) is 10.1 Å². The van der Waals surface area contributed by atoms with Gasteiger partial charge in [0.1, 0.15) is 17.3 Å². The predicted octanol–water partition coefficient (Wildman–Crippen LogP) is 7.22. The van der Waals surface area contributed by atoms with E-state index >= 15 is 0 Å². The fourth-order valence-corrected chi connectivity index (χ4v) is 4.43. The van der Waals surface area contributed by atoms with Crippen LogP contribution in [0.5, 0.6) is 11.5 Å².